The summed E-state index contributed by atoms with van der Waals surface area (Å²) >= 11 is 0. The Kier molecular flexibility index (Phi) is 3.22. The molecular formula is C11H16N6. The second kappa shape index (κ2) is 4.82. The average molecular weight is 232 g/mol. The molecule has 0 spiro atoms. The van der Waals surface area contributed by atoms with E-state index in [0.717, 1.165) is 17.9 Å². The Balaban J connectivity index is 1.89. The van der Waals surface area contributed by atoms with Crippen LogP contribution >= 0.6 is 0 Å². The highest BCUT2D eigenvalue weighted by molar-refractivity contribution is 5.30. The molecule has 0 saturated carbocycles. The van der Waals surface area contributed by atoms with Gasteiger partial charge in [0.05, 0.1) is 18.4 Å². The third-order valence-corrected chi connectivity index (χ3v) is 2.26. The third kappa shape index (κ3) is 3.17. The molecule has 0 aliphatic carbocycles. The lowest BCUT2D eigenvalue weighted by molar-refractivity contribution is 0.636. The van der Waals surface area contributed by atoms with E-state index in [1.807, 2.05) is 19.9 Å². The van der Waals surface area contributed by atoms with Crippen molar-refractivity contribution < 1.29 is 0 Å². The quantitative estimate of drug-likeness (QED) is 0.821. The molecule has 0 atom stereocenters. The molecule has 6 nitrogen and oxygen atoms in total. The van der Waals surface area contributed by atoms with Gasteiger partial charge in [-0.1, -0.05) is 0 Å². The number of rotatable bonds is 4. The number of nitrogens with two attached hydrogens (primary N) is 1. The largest absolute Gasteiger partial charge is 0.396 e. The zero-order chi connectivity index (χ0) is 12.3. The molecule has 2 rings (SSSR count). The van der Waals surface area contributed by atoms with Crippen LogP contribution in [0.4, 0.5) is 11.6 Å². The lowest BCUT2D eigenvalue weighted by Crippen LogP contribution is -2.13. The van der Waals surface area contributed by atoms with Gasteiger partial charge in [-0.25, -0.2) is 9.97 Å². The molecule has 6 heteroatoms. The van der Waals surface area contributed by atoms with Crippen LogP contribution in [0, 0.1) is 13.8 Å². The summed E-state index contributed by atoms with van der Waals surface area (Å²) in [5.41, 5.74) is 8.17. The first kappa shape index (κ1) is 11.4. The first-order valence-corrected chi connectivity index (χ1v) is 5.47. The highest BCUT2D eigenvalue weighted by atomic mass is 15.3. The molecule has 17 heavy (non-hydrogen) atoms. The van der Waals surface area contributed by atoms with E-state index in [4.69, 9.17) is 5.73 Å². The monoisotopic (exact) mass is 232 g/mol. The fourth-order valence-corrected chi connectivity index (χ4v) is 1.59. The first-order chi connectivity index (χ1) is 8.13. The SMILES string of the molecule is Cc1cc(C)nc(NCCn2cc(N)cn2)n1. The predicted molar refractivity (Wildman–Crippen MR) is 66.6 cm³/mol. The van der Waals surface area contributed by atoms with E-state index in [0.29, 0.717) is 18.2 Å². The summed E-state index contributed by atoms with van der Waals surface area (Å²) < 4.78 is 1.78. The summed E-state index contributed by atoms with van der Waals surface area (Å²) in [5.74, 6) is 0.655. The van der Waals surface area contributed by atoms with Crippen molar-refractivity contribution in [3.8, 4) is 0 Å². The summed E-state index contributed by atoms with van der Waals surface area (Å²) in [6.07, 6.45) is 3.43. The average Bonchev–Trinajstić information content (AvgIpc) is 2.63. The molecule has 2 aromatic rings. The molecule has 0 amide bonds. The molecular weight excluding hydrogens is 216 g/mol. The van der Waals surface area contributed by atoms with Crippen LogP contribution in [0.2, 0.25) is 0 Å². The van der Waals surface area contributed by atoms with Gasteiger partial charge in [0.15, 0.2) is 0 Å². The summed E-state index contributed by atoms with van der Waals surface area (Å²) in [4.78, 5) is 8.59. The second-order valence-electron chi connectivity index (χ2n) is 3.94. The van der Waals surface area contributed by atoms with Gasteiger partial charge in [0.2, 0.25) is 5.95 Å². The minimum Gasteiger partial charge on any atom is -0.396 e. The number of aryl methyl sites for hydroxylation is 2. The molecule has 0 unspecified atom stereocenters. The van der Waals surface area contributed by atoms with Gasteiger partial charge in [0.25, 0.3) is 0 Å². The van der Waals surface area contributed by atoms with E-state index >= 15 is 0 Å². The predicted octanol–water partition coefficient (Wildman–Crippen LogP) is 0.984. The third-order valence-electron chi connectivity index (χ3n) is 2.26. The van der Waals surface area contributed by atoms with E-state index in [-0.39, 0.29) is 0 Å². The minimum atomic E-state index is 0.655. The van der Waals surface area contributed by atoms with Gasteiger partial charge in [-0.05, 0) is 19.9 Å². The number of hydrogen-bond acceptors (Lipinski definition) is 5. The van der Waals surface area contributed by atoms with Crippen molar-refractivity contribution >= 4 is 11.6 Å². The van der Waals surface area contributed by atoms with Crippen molar-refractivity contribution in [1.82, 2.24) is 19.7 Å². The Bertz CT molecular complexity index is 484. The molecule has 90 valence electrons. The number of hydrogen-bond donors (Lipinski definition) is 2. The van der Waals surface area contributed by atoms with Crippen LogP contribution in [0.1, 0.15) is 11.4 Å². The van der Waals surface area contributed by atoms with Crippen LogP contribution in [-0.2, 0) is 6.54 Å². The second-order valence-corrected chi connectivity index (χ2v) is 3.94. The molecule has 0 bridgehead atoms. The van der Waals surface area contributed by atoms with Crippen LogP contribution < -0.4 is 11.1 Å². The van der Waals surface area contributed by atoms with Crippen molar-refractivity contribution in [3.63, 3.8) is 0 Å². The van der Waals surface area contributed by atoms with Gasteiger partial charge >= 0.3 is 0 Å². The maximum Gasteiger partial charge on any atom is 0.223 e. The Labute approximate surface area is 99.9 Å². The lowest BCUT2D eigenvalue weighted by atomic mass is 10.4. The van der Waals surface area contributed by atoms with Crippen molar-refractivity contribution in [3.05, 3.63) is 29.8 Å². The van der Waals surface area contributed by atoms with Crippen LogP contribution in [-0.4, -0.2) is 26.3 Å². The molecule has 0 aromatic carbocycles. The zero-order valence-electron chi connectivity index (χ0n) is 10.0. The smallest absolute Gasteiger partial charge is 0.223 e. The van der Waals surface area contributed by atoms with Crippen molar-refractivity contribution in [1.29, 1.82) is 0 Å². The molecule has 0 radical (unpaired) electrons. The Hall–Kier alpha value is -2.11. The Morgan fingerprint density at radius 1 is 1.29 bits per heavy atom. The standard InChI is InChI=1S/C11H16N6/c1-8-5-9(2)16-11(15-8)13-3-4-17-7-10(12)6-14-17/h5-7H,3-4,12H2,1-2H3,(H,13,15,16). The van der Waals surface area contributed by atoms with E-state index < -0.39 is 0 Å². The molecule has 2 aromatic heterocycles. The van der Waals surface area contributed by atoms with E-state index in [1.165, 1.54) is 0 Å². The number of aromatic nitrogens is 4. The number of nitrogens with one attached hydrogen (secondary N) is 1. The lowest BCUT2D eigenvalue weighted by Gasteiger charge is -2.06. The molecule has 0 aliphatic heterocycles. The van der Waals surface area contributed by atoms with Gasteiger partial charge in [-0.2, -0.15) is 5.10 Å². The van der Waals surface area contributed by atoms with Crippen LogP contribution in [0.5, 0.6) is 0 Å². The molecule has 0 fully saturated rings. The number of anilines is 2. The summed E-state index contributed by atoms with van der Waals surface area (Å²) in [5, 5.41) is 7.25. The molecule has 3 N–H and O–H groups in total. The first-order valence-electron chi connectivity index (χ1n) is 5.47. The van der Waals surface area contributed by atoms with Crippen LogP contribution in [0.3, 0.4) is 0 Å². The van der Waals surface area contributed by atoms with Crippen LogP contribution in [0.25, 0.3) is 0 Å². The van der Waals surface area contributed by atoms with Gasteiger partial charge in [0, 0.05) is 24.1 Å². The maximum atomic E-state index is 5.57. The maximum absolute atomic E-state index is 5.57. The van der Waals surface area contributed by atoms with E-state index in [9.17, 15) is 0 Å². The minimum absolute atomic E-state index is 0.655. The zero-order valence-corrected chi connectivity index (χ0v) is 10.0. The Morgan fingerprint density at radius 2 is 2.00 bits per heavy atom. The summed E-state index contributed by atoms with van der Waals surface area (Å²) in [6, 6.07) is 1.94. The van der Waals surface area contributed by atoms with E-state index in [2.05, 4.69) is 20.4 Å². The van der Waals surface area contributed by atoms with Crippen molar-refractivity contribution in [2.45, 2.75) is 20.4 Å². The van der Waals surface area contributed by atoms with Gasteiger partial charge < -0.3 is 11.1 Å². The summed E-state index contributed by atoms with van der Waals surface area (Å²) in [7, 11) is 0. The van der Waals surface area contributed by atoms with Crippen molar-refractivity contribution in [2.75, 3.05) is 17.6 Å². The number of nitrogens with zero attached hydrogens (tertiary/aromatic N) is 4. The molecule has 2 heterocycles. The fraction of sp³-hybridized carbons (Fsp3) is 0.364. The van der Waals surface area contributed by atoms with Crippen molar-refractivity contribution in [2.24, 2.45) is 0 Å². The Morgan fingerprint density at radius 3 is 2.59 bits per heavy atom. The highest BCUT2D eigenvalue weighted by Gasteiger charge is 1.99. The van der Waals surface area contributed by atoms with E-state index in [1.54, 1.807) is 17.1 Å². The topological polar surface area (TPSA) is 81.7 Å². The van der Waals surface area contributed by atoms with Gasteiger partial charge in [-0.15, -0.1) is 0 Å². The highest BCUT2D eigenvalue weighted by Crippen LogP contribution is 2.03. The number of nitrogen functional groups attached to an aromatic ring is 1. The summed E-state index contributed by atoms with van der Waals surface area (Å²) in [6.45, 7) is 5.35. The fourth-order valence-electron chi connectivity index (χ4n) is 1.59. The molecule has 0 saturated heterocycles. The molecule has 0 aliphatic rings. The van der Waals surface area contributed by atoms with Gasteiger partial charge in [0.1, 0.15) is 0 Å². The normalized spacial score (nSPS) is 10.5. The van der Waals surface area contributed by atoms with Crippen LogP contribution in [0.15, 0.2) is 18.5 Å². The van der Waals surface area contributed by atoms with Gasteiger partial charge in [-0.3, -0.25) is 4.68 Å².